The molecule has 0 spiro atoms. The van der Waals surface area contributed by atoms with Crippen molar-refractivity contribution in [1.29, 1.82) is 0 Å². The van der Waals surface area contributed by atoms with Crippen molar-refractivity contribution in [3.63, 3.8) is 0 Å². The molecule has 1 unspecified atom stereocenters. The summed E-state index contributed by atoms with van der Waals surface area (Å²) in [6.45, 7) is 12.6. The molecule has 0 fully saturated rings. The zero-order valence-corrected chi connectivity index (χ0v) is 20.2. The van der Waals surface area contributed by atoms with Gasteiger partial charge in [0.2, 0.25) is 0 Å². The van der Waals surface area contributed by atoms with Crippen LogP contribution in [0, 0.1) is 12.8 Å². The van der Waals surface area contributed by atoms with Crippen molar-refractivity contribution < 1.29 is 9.29 Å². The minimum absolute atomic E-state index is 0.109. The second-order valence-corrected chi connectivity index (χ2v) is 11.2. The van der Waals surface area contributed by atoms with Gasteiger partial charge >= 0.3 is 0 Å². The first-order valence-corrected chi connectivity index (χ1v) is 12.6. The summed E-state index contributed by atoms with van der Waals surface area (Å²) in [5.41, 5.74) is 4.38. The third-order valence-corrected chi connectivity index (χ3v) is 8.84. The van der Waals surface area contributed by atoms with Gasteiger partial charge in [-0.15, -0.1) is 6.58 Å². The molecule has 3 nitrogen and oxygen atoms in total. The first kappa shape index (κ1) is 23.5. The number of fused-ring (bicyclic) bond motifs is 1. The van der Waals surface area contributed by atoms with E-state index < -0.39 is 10.1 Å². The number of benzene rings is 2. The normalized spacial score (nSPS) is 23.3. The van der Waals surface area contributed by atoms with Crippen LogP contribution < -0.4 is 4.74 Å². The standard InChI is InChI=1S/C27H35NO2S/c1-7-12-25-26(21(5)14-11-13-19(2)3)23-17-20(4)18-24(30-6)27(23)28-31(25,29)22-15-9-8-10-16-22/h7-10,13,15-18,21,25-26H,1,11-12,14H2,2-6H3/t21-,25-,26+,31?/m0/s1. The van der Waals surface area contributed by atoms with Crippen molar-refractivity contribution in [1.82, 2.24) is 0 Å². The highest BCUT2D eigenvalue weighted by Gasteiger charge is 2.45. The summed E-state index contributed by atoms with van der Waals surface area (Å²) in [6, 6.07) is 13.9. The lowest BCUT2D eigenvalue weighted by molar-refractivity contribution is 0.393. The van der Waals surface area contributed by atoms with Gasteiger partial charge < -0.3 is 9.29 Å². The smallest absolute Gasteiger partial charge is 0.155 e. The number of hydrogen-bond acceptors (Lipinski definition) is 3. The second kappa shape index (κ2) is 9.97. The first-order valence-electron chi connectivity index (χ1n) is 11.1. The Hall–Kier alpha value is -2.17. The molecule has 4 atom stereocenters. The van der Waals surface area contributed by atoms with Crippen LogP contribution >= 0.6 is 0 Å². The fourth-order valence-corrected chi connectivity index (χ4v) is 7.47. The van der Waals surface area contributed by atoms with Gasteiger partial charge in [-0.25, -0.2) is 0 Å². The topological polar surface area (TPSA) is 44.6 Å². The molecule has 31 heavy (non-hydrogen) atoms. The molecule has 1 aliphatic rings. The van der Waals surface area contributed by atoms with Crippen LogP contribution in [0.1, 0.15) is 57.1 Å². The predicted molar refractivity (Wildman–Crippen MR) is 132 cm³/mol. The molecule has 0 saturated carbocycles. The Morgan fingerprint density at radius 2 is 1.97 bits per heavy atom. The fraction of sp³-hybridized carbons (Fsp3) is 0.407. The van der Waals surface area contributed by atoms with E-state index in [1.807, 2.05) is 42.5 Å². The van der Waals surface area contributed by atoms with Crippen LogP contribution in [-0.2, 0) is 10.1 Å². The Morgan fingerprint density at radius 1 is 1.26 bits per heavy atom. The van der Waals surface area contributed by atoms with E-state index in [1.165, 1.54) is 5.57 Å². The summed E-state index contributed by atoms with van der Waals surface area (Å²) in [5, 5.41) is -0.131. The minimum atomic E-state index is -2.71. The molecule has 3 rings (SSSR count). The highest BCUT2D eigenvalue weighted by molar-refractivity contribution is 8.00. The van der Waals surface area contributed by atoms with E-state index in [4.69, 9.17) is 9.10 Å². The van der Waals surface area contributed by atoms with E-state index in [1.54, 1.807) is 7.11 Å². The van der Waals surface area contributed by atoms with Crippen LogP contribution in [0.5, 0.6) is 5.75 Å². The van der Waals surface area contributed by atoms with Crippen molar-refractivity contribution in [3.05, 3.63) is 77.9 Å². The number of hydrogen-bond donors (Lipinski definition) is 0. The van der Waals surface area contributed by atoms with Crippen LogP contribution in [-0.4, -0.2) is 16.9 Å². The molecule has 0 amide bonds. The van der Waals surface area contributed by atoms with Gasteiger partial charge in [0.05, 0.1) is 7.11 Å². The van der Waals surface area contributed by atoms with Crippen LogP contribution in [0.4, 0.5) is 5.69 Å². The number of ether oxygens (including phenoxy) is 1. The zero-order chi connectivity index (χ0) is 22.6. The van der Waals surface area contributed by atoms with Gasteiger partial charge in [-0.2, -0.15) is 0 Å². The second-order valence-electron chi connectivity index (χ2n) is 8.80. The zero-order valence-electron chi connectivity index (χ0n) is 19.4. The van der Waals surface area contributed by atoms with Crippen molar-refractivity contribution in [2.45, 2.75) is 63.0 Å². The van der Waals surface area contributed by atoms with Crippen molar-refractivity contribution >= 4 is 15.8 Å². The molecular weight excluding hydrogens is 402 g/mol. The number of allylic oxidation sites excluding steroid dienone is 3. The van der Waals surface area contributed by atoms with Gasteiger partial charge in [0.25, 0.3) is 0 Å². The maximum atomic E-state index is 14.7. The van der Waals surface area contributed by atoms with E-state index in [0.717, 1.165) is 34.6 Å². The van der Waals surface area contributed by atoms with Gasteiger partial charge in [0, 0.05) is 12.3 Å². The number of nitrogens with zero attached hydrogens (tertiary/aromatic N) is 1. The van der Waals surface area contributed by atoms with Gasteiger partial charge in [-0.1, -0.05) is 53.3 Å². The Morgan fingerprint density at radius 3 is 2.58 bits per heavy atom. The molecule has 0 aromatic heterocycles. The molecule has 0 N–H and O–H groups in total. The van der Waals surface area contributed by atoms with E-state index in [2.05, 4.69) is 46.4 Å². The molecule has 2 aromatic rings. The Bertz CT molecular complexity index is 1010. The van der Waals surface area contributed by atoms with E-state index in [-0.39, 0.29) is 11.2 Å². The highest BCUT2D eigenvalue weighted by atomic mass is 32.3. The third kappa shape index (κ3) is 4.86. The summed E-state index contributed by atoms with van der Waals surface area (Å²) in [7, 11) is -1.04. The lowest BCUT2D eigenvalue weighted by Gasteiger charge is -2.42. The van der Waals surface area contributed by atoms with E-state index >= 15 is 0 Å². The summed E-state index contributed by atoms with van der Waals surface area (Å²) in [4.78, 5) is 0.789. The SMILES string of the molecule is C=CC[C@H]1[C@H]([C@@H](C)CCC=C(C)C)c2cc(C)cc(OC)c2N=[S+]1([O-])c1ccccc1. The molecule has 166 valence electrons. The predicted octanol–water partition coefficient (Wildman–Crippen LogP) is 7.59. The summed E-state index contributed by atoms with van der Waals surface area (Å²) < 4.78 is 25.3. The van der Waals surface area contributed by atoms with Gasteiger partial charge in [0.15, 0.2) is 5.69 Å². The average Bonchev–Trinajstić information content (AvgIpc) is 2.74. The number of aryl methyl sites for hydroxylation is 1. The molecule has 0 saturated heterocycles. The Labute approximate surface area is 189 Å². The van der Waals surface area contributed by atoms with Crippen molar-refractivity contribution in [2.24, 2.45) is 10.3 Å². The molecule has 1 heterocycles. The summed E-state index contributed by atoms with van der Waals surface area (Å²) in [5.74, 6) is 1.15. The van der Waals surface area contributed by atoms with Crippen molar-refractivity contribution in [3.8, 4) is 5.75 Å². The molecule has 0 aliphatic carbocycles. The average molecular weight is 438 g/mol. The molecule has 4 heteroatoms. The largest absolute Gasteiger partial charge is 0.626 e. The quantitative estimate of drug-likeness (QED) is 0.315. The van der Waals surface area contributed by atoms with Gasteiger partial charge in [-0.05, 0) is 79.0 Å². The maximum absolute atomic E-state index is 14.7. The molecule has 1 aliphatic heterocycles. The van der Waals surface area contributed by atoms with Crippen LogP contribution in [0.2, 0.25) is 0 Å². The minimum Gasteiger partial charge on any atom is -0.626 e. The maximum Gasteiger partial charge on any atom is 0.155 e. The molecule has 0 radical (unpaired) electrons. The van der Waals surface area contributed by atoms with Crippen LogP contribution in [0.25, 0.3) is 0 Å². The summed E-state index contributed by atoms with van der Waals surface area (Å²) >= 11 is 0. The van der Waals surface area contributed by atoms with Crippen LogP contribution in [0.3, 0.4) is 0 Å². The lowest BCUT2D eigenvalue weighted by Crippen LogP contribution is -2.39. The number of methoxy groups -OCH3 is 1. The highest BCUT2D eigenvalue weighted by Crippen LogP contribution is 2.52. The monoisotopic (exact) mass is 437 g/mol. The van der Waals surface area contributed by atoms with E-state index in [0.29, 0.717) is 18.1 Å². The van der Waals surface area contributed by atoms with Crippen molar-refractivity contribution in [2.75, 3.05) is 7.11 Å². The first-order chi connectivity index (χ1) is 14.8. The van der Waals surface area contributed by atoms with E-state index in [9.17, 15) is 4.55 Å². The summed E-state index contributed by atoms with van der Waals surface area (Å²) in [6.07, 6.45) is 6.89. The molecule has 2 aromatic carbocycles. The fourth-order valence-electron chi connectivity index (χ4n) is 4.65. The van der Waals surface area contributed by atoms with Crippen LogP contribution in [0.15, 0.2) is 76.0 Å². The Balaban J connectivity index is 2.24. The Kier molecular flexibility index (Phi) is 7.55. The molecular formula is C27H35NO2S. The number of rotatable bonds is 8. The molecule has 0 bridgehead atoms. The third-order valence-electron chi connectivity index (χ3n) is 6.13. The van der Waals surface area contributed by atoms with Gasteiger partial charge in [0.1, 0.15) is 15.9 Å². The lowest BCUT2D eigenvalue weighted by atomic mass is 9.79. The van der Waals surface area contributed by atoms with Gasteiger partial charge in [-0.3, -0.25) is 0 Å².